The van der Waals surface area contributed by atoms with Gasteiger partial charge in [0.05, 0.1) is 0 Å². The molecule has 0 radical (unpaired) electrons. The highest BCUT2D eigenvalue weighted by Gasteiger charge is 2.10. The second-order valence-corrected chi connectivity index (χ2v) is 4.30. The van der Waals surface area contributed by atoms with E-state index in [4.69, 9.17) is 9.79 Å². The van der Waals surface area contributed by atoms with Crippen molar-refractivity contribution >= 4 is 26.4 Å². The van der Waals surface area contributed by atoms with Crippen LogP contribution in [-0.4, -0.2) is 9.79 Å². The van der Waals surface area contributed by atoms with E-state index in [1.165, 1.54) is 0 Å². The van der Waals surface area contributed by atoms with Gasteiger partial charge in [-0.25, -0.2) is 9.13 Å². The molecule has 0 aliphatic rings. The van der Waals surface area contributed by atoms with Gasteiger partial charge >= 0.3 is 14.6 Å². The van der Waals surface area contributed by atoms with Gasteiger partial charge in [0.15, 0.2) is 0 Å². The van der Waals surface area contributed by atoms with Crippen molar-refractivity contribution in [2.24, 2.45) is 0 Å². The molecule has 0 saturated heterocycles. The molecule has 0 unspecified atom stereocenters. The first-order valence-corrected chi connectivity index (χ1v) is 5.03. The van der Waals surface area contributed by atoms with Crippen molar-refractivity contribution in [2.45, 2.75) is 0 Å². The van der Waals surface area contributed by atoms with Crippen molar-refractivity contribution in [3.8, 4) is 0 Å². The van der Waals surface area contributed by atoms with Crippen LogP contribution < -0.4 is 0 Å². The fraction of sp³-hybridized carbons (Fsp3) is 0. The van der Waals surface area contributed by atoms with Crippen LogP contribution in [0, 0.1) is 0 Å². The van der Waals surface area contributed by atoms with Crippen molar-refractivity contribution in [3.05, 3.63) is 0 Å². The van der Waals surface area contributed by atoms with E-state index in [1.807, 2.05) is 0 Å². The summed E-state index contributed by atoms with van der Waals surface area (Å²) in [5.41, 5.74) is 0. The van der Waals surface area contributed by atoms with E-state index in [9.17, 15) is 9.13 Å². The smallest absolute Gasteiger partial charge is 0.324 e. The van der Waals surface area contributed by atoms with Gasteiger partial charge < -0.3 is 9.79 Å². The summed E-state index contributed by atoms with van der Waals surface area (Å²) < 4.78 is 22.4. The predicted octanol–water partition coefficient (Wildman–Crippen LogP) is 0.300. The maximum atomic E-state index is 9.47. The molecule has 0 aliphatic heterocycles. The summed E-state index contributed by atoms with van der Waals surface area (Å²) in [6.45, 7) is -3.98. The topological polar surface area (TPSA) is 83.8 Å². The summed E-state index contributed by atoms with van der Waals surface area (Å²) in [7, 11) is -3.24. The molecule has 0 rings (SSSR count). The van der Waals surface area contributed by atoms with Crippen LogP contribution in [0.25, 0.3) is 0 Å². The Kier molecular flexibility index (Phi) is 2.98. The first-order valence-electron chi connectivity index (χ1n) is 1.31. The van der Waals surface area contributed by atoms with E-state index in [-0.39, 0.29) is 0 Å². The van der Waals surface area contributed by atoms with Crippen LogP contribution in [0.1, 0.15) is 0 Å². The molecule has 0 aromatic heterocycles. The third-order valence-electron chi connectivity index (χ3n) is 0.173. The van der Waals surface area contributed by atoms with E-state index in [2.05, 4.69) is 16.1 Å². The fourth-order valence-electron chi connectivity index (χ4n) is 0.0868. The highest BCUT2D eigenvalue weighted by molar-refractivity contribution is 8.07. The Morgan fingerprint density at radius 1 is 1.50 bits per heavy atom. The molecule has 0 saturated carbocycles. The molecule has 0 fully saturated rings. The van der Waals surface area contributed by atoms with Gasteiger partial charge in [-0.2, -0.15) is 4.31 Å². The number of hydrogen-bond acceptors (Lipinski definition) is 4. The van der Waals surface area contributed by atoms with Gasteiger partial charge in [0.1, 0.15) is 0 Å². The summed E-state index contributed by atoms with van der Waals surface area (Å²) in [6.07, 6.45) is 0. The van der Waals surface area contributed by atoms with Gasteiger partial charge in [-0.3, -0.25) is 0 Å². The zero-order valence-electron chi connectivity index (χ0n) is 3.42. The first kappa shape index (κ1) is 8.43. The molecule has 0 aromatic carbocycles. The SMILES string of the molecule is O=P(=O)OP(O)(O)=S. The Bertz CT molecular complexity index is 165. The minimum atomic E-state index is -3.98. The predicted molar refractivity (Wildman–Crippen MR) is 28.1 cm³/mol. The maximum absolute atomic E-state index is 9.47. The molecule has 0 aromatic rings. The lowest BCUT2D eigenvalue weighted by atomic mass is 15.8. The molecule has 0 aliphatic carbocycles. The molecular formula is H2O5P2S. The largest absolute Gasteiger partial charge is 0.475 e. The molecule has 48 valence electrons. The van der Waals surface area contributed by atoms with Gasteiger partial charge in [-0.05, 0) is 11.8 Å². The Morgan fingerprint density at radius 2 is 1.88 bits per heavy atom. The fourth-order valence-corrected chi connectivity index (χ4v) is 1.27. The van der Waals surface area contributed by atoms with Crippen LogP contribution in [0.4, 0.5) is 0 Å². The summed E-state index contributed by atoms with van der Waals surface area (Å²) in [6, 6.07) is 0. The zero-order chi connectivity index (χ0) is 6.78. The van der Waals surface area contributed by atoms with E-state index < -0.39 is 14.6 Å². The average Bonchev–Trinajstić information content (AvgIpc) is 1.21. The molecule has 0 spiro atoms. The molecule has 8 heteroatoms. The van der Waals surface area contributed by atoms with Crippen molar-refractivity contribution in [1.82, 2.24) is 0 Å². The average molecular weight is 176 g/mol. The third-order valence-corrected chi connectivity index (χ3v) is 2.16. The molecule has 0 heterocycles. The Balaban J connectivity index is 3.94. The summed E-state index contributed by atoms with van der Waals surface area (Å²) >= 11 is 3.78. The van der Waals surface area contributed by atoms with E-state index in [0.717, 1.165) is 0 Å². The second kappa shape index (κ2) is 2.82. The van der Waals surface area contributed by atoms with Gasteiger partial charge in [0.25, 0.3) is 0 Å². The van der Waals surface area contributed by atoms with Crippen molar-refractivity contribution < 1.29 is 23.2 Å². The normalized spacial score (nSPS) is 11.2. The highest BCUT2D eigenvalue weighted by atomic mass is 32.5. The minimum Gasteiger partial charge on any atom is -0.324 e. The second-order valence-electron chi connectivity index (χ2n) is 0.796. The lowest BCUT2D eigenvalue weighted by molar-refractivity contribution is 0.358. The van der Waals surface area contributed by atoms with Crippen molar-refractivity contribution in [3.63, 3.8) is 0 Å². The molecule has 0 atom stereocenters. The van der Waals surface area contributed by atoms with Crippen LogP contribution in [0.2, 0.25) is 0 Å². The summed E-state index contributed by atoms with van der Waals surface area (Å²) in [4.78, 5) is 16.1. The molecule has 0 amide bonds. The van der Waals surface area contributed by atoms with Gasteiger partial charge in [-0.1, -0.05) is 0 Å². The summed E-state index contributed by atoms with van der Waals surface area (Å²) in [5, 5.41) is 0. The highest BCUT2D eigenvalue weighted by Crippen LogP contribution is 2.42. The van der Waals surface area contributed by atoms with E-state index in [1.54, 1.807) is 0 Å². The van der Waals surface area contributed by atoms with E-state index >= 15 is 0 Å². The lowest BCUT2D eigenvalue weighted by Crippen LogP contribution is -1.71. The van der Waals surface area contributed by atoms with Gasteiger partial charge in [-0.15, -0.1) is 0 Å². The quantitative estimate of drug-likeness (QED) is 0.588. The number of hydrogen-bond donors (Lipinski definition) is 2. The molecule has 0 bridgehead atoms. The van der Waals surface area contributed by atoms with Crippen LogP contribution in [0.3, 0.4) is 0 Å². The summed E-state index contributed by atoms with van der Waals surface area (Å²) in [5.74, 6) is 0. The molecular weight excluding hydrogens is 174 g/mol. The zero-order valence-corrected chi connectivity index (χ0v) is 6.03. The maximum Gasteiger partial charge on any atom is 0.475 e. The Morgan fingerprint density at radius 3 is 1.88 bits per heavy atom. The van der Waals surface area contributed by atoms with Crippen LogP contribution >= 0.6 is 14.6 Å². The minimum absolute atomic E-state index is 3.24. The van der Waals surface area contributed by atoms with E-state index in [0.29, 0.717) is 0 Å². The molecule has 5 nitrogen and oxygen atoms in total. The van der Waals surface area contributed by atoms with Gasteiger partial charge in [0.2, 0.25) is 0 Å². The first-order chi connectivity index (χ1) is 3.42. The standard InChI is InChI=1S/H2O5P2S/c1-6(2)5-7(3,4)8/h(H2,3,4,8). The van der Waals surface area contributed by atoms with Crippen LogP contribution in [0.5, 0.6) is 0 Å². The van der Waals surface area contributed by atoms with Crippen LogP contribution in [-0.2, 0) is 25.2 Å². The lowest BCUT2D eigenvalue weighted by Gasteiger charge is -1.96. The van der Waals surface area contributed by atoms with Crippen LogP contribution in [0.15, 0.2) is 0 Å². The molecule has 8 heavy (non-hydrogen) atoms. The Hall–Kier alpha value is 0.430. The third kappa shape index (κ3) is 6.43. The number of rotatable bonds is 2. The molecule has 2 N–H and O–H groups in total. The Labute approximate surface area is 50.5 Å². The van der Waals surface area contributed by atoms with Gasteiger partial charge in [0, 0.05) is 0 Å². The van der Waals surface area contributed by atoms with Crippen molar-refractivity contribution in [1.29, 1.82) is 0 Å². The monoisotopic (exact) mass is 176 g/mol. The van der Waals surface area contributed by atoms with Crippen molar-refractivity contribution in [2.75, 3.05) is 0 Å².